The van der Waals surface area contributed by atoms with Gasteiger partial charge in [-0.2, -0.15) is 0 Å². The van der Waals surface area contributed by atoms with Crippen LogP contribution in [0.2, 0.25) is 0 Å². The molecule has 0 aliphatic heterocycles. The number of carbonyl (C=O) groups is 1. The fraction of sp³-hybridized carbons (Fsp3) is 0.250. The second-order valence-electron chi connectivity index (χ2n) is 5.54. The second-order valence-corrected chi connectivity index (χ2v) is 5.54. The van der Waals surface area contributed by atoms with E-state index in [1.807, 2.05) is 36.4 Å². The SMILES string of the molecule is COc1ccc(/C=C/C(=O)NCC(O)Cc2ccccc2)cc1OC. The first-order valence-electron chi connectivity index (χ1n) is 8.02. The van der Waals surface area contributed by atoms with Gasteiger partial charge in [0.15, 0.2) is 11.5 Å². The van der Waals surface area contributed by atoms with E-state index in [2.05, 4.69) is 5.32 Å². The first-order valence-corrected chi connectivity index (χ1v) is 8.02. The lowest BCUT2D eigenvalue weighted by atomic mass is 10.1. The van der Waals surface area contributed by atoms with Crippen LogP contribution in [-0.2, 0) is 11.2 Å². The summed E-state index contributed by atoms with van der Waals surface area (Å²) in [5.74, 6) is 0.971. The summed E-state index contributed by atoms with van der Waals surface area (Å²) in [7, 11) is 3.13. The van der Waals surface area contributed by atoms with Gasteiger partial charge in [-0.05, 0) is 29.3 Å². The molecule has 2 aromatic carbocycles. The zero-order valence-corrected chi connectivity index (χ0v) is 14.4. The Kier molecular flexibility index (Phi) is 7.04. The van der Waals surface area contributed by atoms with Crippen molar-refractivity contribution in [3.63, 3.8) is 0 Å². The summed E-state index contributed by atoms with van der Waals surface area (Å²) in [6.07, 6.45) is 2.98. The number of aliphatic hydroxyl groups excluding tert-OH is 1. The van der Waals surface area contributed by atoms with Gasteiger partial charge in [0, 0.05) is 19.0 Å². The summed E-state index contributed by atoms with van der Waals surface area (Å²) >= 11 is 0. The maximum Gasteiger partial charge on any atom is 0.244 e. The predicted octanol–water partition coefficient (Wildman–Crippen LogP) is 2.44. The molecule has 0 radical (unpaired) electrons. The molecule has 25 heavy (non-hydrogen) atoms. The molecule has 2 rings (SSSR count). The van der Waals surface area contributed by atoms with E-state index in [1.165, 1.54) is 6.08 Å². The third-order valence-electron chi connectivity index (χ3n) is 3.66. The van der Waals surface area contributed by atoms with Crippen LogP contribution in [0.3, 0.4) is 0 Å². The minimum absolute atomic E-state index is 0.198. The molecule has 0 heterocycles. The highest BCUT2D eigenvalue weighted by molar-refractivity contribution is 5.91. The van der Waals surface area contributed by atoms with Crippen LogP contribution in [0.15, 0.2) is 54.6 Å². The van der Waals surface area contributed by atoms with Crippen molar-refractivity contribution < 1.29 is 19.4 Å². The van der Waals surface area contributed by atoms with Crippen molar-refractivity contribution in [1.82, 2.24) is 5.32 Å². The monoisotopic (exact) mass is 341 g/mol. The molecule has 2 N–H and O–H groups in total. The molecule has 0 aliphatic rings. The van der Waals surface area contributed by atoms with E-state index < -0.39 is 6.10 Å². The Balaban J connectivity index is 1.84. The van der Waals surface area contributed by atoms with Crippen molar-refractivity contribution in [2.75, 3.05) is 20.8 Å². The third kappa shape index (κ3) is 5.97. The molecule has 1 unspecified atom stereocenters. The largest absolute Gasteiger partial charge is 0.493 e. The number of hydrogen-bond donors (Lipinski definition) is 2. The Hall–Kier alpha value is -2.79. The highest BCUT2D eigenvalue weighted by atomic mass is 16.5. The maximum absolute atomic E-state index is 11.9. The van der Waals surface area contributed by atoms with E-state index in [0.717, 1.165) is 11.1 Å². The Morgan fingerprint density at radius 2 is 1.84 bits per heavy atom. The first kappa shape index (κ1) is 18.5. The van der Waals surface area contributed by atoms with Gasteiger partial charge in [-0.1, -0.05) is 36.4 Å². The summed E-state index contributed by atoms with van der Waals surface area (Å²) in [5.41, 5.74) is 1.85. The number of amides is 1. The fourth-order valence-electron chi connectivity index (χ4n) is 2.36. The minimum Gasteiger partial charge on any atom is -0.493 e. The molecule has 5 heteroatoms. The molecule has 0 spiro atoms. The average Bonchev–Trinajstić information content (AvgIpc) is 2.65. The Morgan fingerprint density at radius 3 is 2.52 bits per heavy atom. The van der Waals surface area contributed by atoms with Crippen LogP contribution in [0, 0.1) is 0 Å². The number of aliphatic hydroxyl groups is 1. The number of rotatable bonds is 8. The molecular weight excluding hydrogens is 318 g/mol. The topological polar surface area (TPSA) is 67.8 Å². The molecule has 0 saturated heterocycles. The Labute approximate surface area is 147 Å². The van der Waals surface area contributed by atoms with Gasteiger partial charge in [-0.25, -0.2) is 0 Å². The molecule has 0 saturated carbocycles. The van der Waals surface area contributed by atoms with Gasteiger partial charge in [0.25, 0.3) is 0 Å². The van der Waals surface area contributed by atoms with Gasteiger partial charge in [0.2, 0.25) is 5.91 Å². The molecule has 132 valence electrons. The molecule has 0 aromatic heterocycles. The quantitative estimate of drug-likeness (QED) is 0.724. The first-order chi connectivity index (χ1) is 12.1. The second kappa shape index (κ2) is 9.49. The molecule has 1 amide bonds. The Morgan fingerprint density at radius 1 is 1.12 bits per heavy atom. The van der Waals surface area contributed by atoms with Crippen LogP contribution >= 0.6 is 0 Å². The number of ether oxygens (including phenoxy) is 2. The molecule has 5 nitrogen and oxygen atoms in total. The zero-order chi connectivity index (χ0) is 18.1. The maximum atomic E-state index is 11.9. The summed E-state index contributed by atoms with van der Waals surface area (Å²) < 4.78 is 10.4. The number of carbonyl (C=O) groups excluding carboxylic acids is 1. The molecular formula is C20H23NO4. The fourth-order valence-corrected chi connectivity index (χ4v) is 2.36. The van der Waals surface area contributed by atoms with E-state index in [0.29, 0.717) is 17.9 Å². The van der Waals surface area contributed by atoms with Crippen LogP contribution in [0.4, 0.5) is 0 Å². The summed E-state index contributed by atoms with van der Waals surface area (Å²) in [6.45, 7) is 0.198. The third-order valence-corrected chi connectivity index (χ3v) is 3.66. The smallest absolute Gasteiger partial charge is 0.244 e. The average molecular weight is 341 g/mol. The van der Waals surface area contributed by atoms with Gasteiger partial charge in [-0.15, -0.1) is 0 Å². The molecule has 0 fully saturated rings. The van der Waals surface area contributed by atoms with E-state index in [4.69, 9.17) is 9.47 Å². The van der Waals surface area contributed by atoms with Crippen molar-refractivity contribution in [2.24, 2.45) is 0 Å². The summed E-state index contributed by atoms with van der Waals surface area (Å²) in [4.78, 5) is 11.9. The van der Waals surface area contributed by atoms with Gasteiger partial charge in [0.05, 0.1) is 20.3 Å². The van der Waals surface area contributed by atoms with Crippen LogP contribution in [0.5, 0.6) is 11.5 Å². The minimum atomic E-state index is -0.624. The number of nitrogens with one attached hydrogen (secondary N) is 1. The van der Waals surface area contributed by atoms with E-state index in [1.54, 1.807) is 32.4 Å². The van der Waals surface area contributed by atoms with Gasteiger partial charge >= 0.3 is 0 Å². The van der Waals surface area contributed by atoms with E-state index in [-0.39, 0.29) is 12.5 Å². The van der Waals surface area contributed by atoms with Crippen LogP contribution < -0.4 is 14.8 Å². The molecule has 0 aliphatic carbocycles. The lowest BCUT2D eigenvalue weighted by Gasteiger charge is -2.11. The zero-order valence-electron chi connectivity index (χ0n) is 14.4. The molecule has 0 bridgehead atoms. The van der Waals surface area contributed by atoms with Crippen molar-refractivity contribution in [3.8, 4) is 11.5 Å². The highest BCUT2D eigenvalue weighted by Crippen LogP contribution is 2.27. The van der Waals surface area contributed by atoms with Crippen molar-refractivity contribution in [1.29, 1.82) is 0 Å². The predicted molar refractivity (Wildman–Crippen MR) is 97.7 cm³/mol. The van der Waals surface area contributed by atoms with E-state index in [9.17, 15) is 9.90 Å². The Bertz CT molecular complexity index is 713. The highest BCUT2D eigenvalue weighted by Gasteiger charge is 2.07. The van der Waals surface area contributed by atoms with Gasteiger partial charge in [-0.3, -0.25) is 4.79 Å². The number of hydrogen-bond acceptors (Lipinski definition) is 4. The van der Waals surface area contributed by atoms with Crippen LogP contribution in [0.25, 0.3) is 6.08 Å². The summed E-state index contributed by atoms with van der Waals surface area (Å²) in [6, 6.07) is 15.1. The standard InChI is InChI=1S/C20H23NO4/c1-24-18-10-8-16(13-19(18)25-2)9-11-20(23)21-14-17(22)12-15-6-4-3-5-7-15/h3-11,13,17,22H,12,14H2,1-2H3,(H,21,23)/b11-9+. The van der Waals surface area contributed by atoms with Crippen LogP contribution in [0.1, 0.15) is 11.1 Å². The summed E-state index contributed by atoms with van der Waals surface area (Å²) in [5, 5.41) is 12.7. The lowest BCUT2D eigenvalue weighted by molar-refractivity contribution is -0.116. The van der Waals surface area contributed by atoms with Crippen LogP contribution in [-0.4, -0.2) is 37.9 Å². The van der Waals surface area contributed by atoms with Crippen molar-refractivity contribution >= 4 is 12.0 Å². The normalized spacial score (nSPS) is 12.0. The number of benzene rings is 2. The van der Waals surface area contributed by atoms with Gasteiger partial charge < -0.3 is 19.9 Å². The lowest BCUT2D eigenvalue weighted by Crippen LogP contribution is -2.32. The number of methoxy groups -OCH3 is 2. The van der Waals surface area contributed by atoms with Crippen molar-refractivity contribution in [3.05, 3.63) is 65.7 Å². The van der Waals surface area contributed by atoms with Gasteiger partial charge in [0.1, 0.15) is 0 Å². The van der Waals surface area contributed by atoms with Crippen molar-refractivity contribution in [2.45, 2.75) is 12.5 Å². The molecule has 1 atom stereocenters. The van der Waals surface area contributed by atoms with E-state index >= 15 is 0 Å². The molecule has 2 aromatic rings.